The first-order chi connectivity index (χ1) is 9.22. The Bertz CT molecular complexity index is 423. The van der Waals surface area contributed by atoms with Crippen molar-refractivity contribution in [3.05, 3.63) is 23.8 Å². The van der Waals surface area contributed by atoms with Crippen LogP contribution in [0.2, 0.25) is 0 Å². The first-order valence-electron chi connectivity index (χ1n) is 6.93. The van der Waals surface area contributed by atoms with Crippen LogP contribution < -0.4 is 15.2 Å². The molecule has 0 saturated carbocycles. The van der Waals surface area contributed by atoms with Crippen molar-refractivity contribution in [2.75, 3.05) is 27.3 Å². The molecule has 1 aliphatic rings. The van der Waals surface area contributed by atoms with Gasteiger partial charge in [0, 0.05) is 11.6 Å². The van der Waals surface area contributed by atoms with Crippen molar-refractivity contribution in [2.45, 2.75) is 31.8 Å². The third-order valence-corrected chi connectivity index (χ3v) is 3.94. The molecule has 4 heteroatoms. The number of nitrogens with two attached hydrogens (primary N) is 1. The molecule has 1 aromatic carbocycles. The second-order valence-electron chi connectivity index (χ2n) is 4.96. The van der Waals surface area contributed by atoms with Gasteiger partial charge in [-0.3, -0.25) is 4.90 Å². The van der Waals surface area contributed by atoms with Crippen LogP contribution in [0.5, 0.6) is 11.5 Å². The summed E-state index contributed by atoms with van der Waals surface area (Å²) in [5, 5.41) is 0. The van der Waals surface area contributed by atoms with Crippen LogP contribution in [0.25, 0.3) is 0 Å². The standard InChI is InChI=1S/C15H24N2O2/c1-4-17-10-6-8-12(16)14(17)11-7-5-9-13(18-2)15(11)19-3/h5,7,9,12,14H,4,6,8,10,16H2,1-3H3. The molecule has 106 valence electrons. The number of hydrogen-bond donors (Lipinski definition) is 1. The Hall–Kier alpha value is -1.26. The van der Waals surface area contributed by atoms with E-state index in [2.05, 4.69) is 17.9 Å². The zero-order chi connectivity index (χ0) is 13.8. The van der Waals surface area contributed by atoms with Gasteiger partial charge in [-0.2, -0.15) is 0 Å². The SMILES string of the molecule is CCN1CCCC(N)C1c1cccc(OC)c1OC. The highest BCUT2D eigenvalue weighted by Crippen LogP contribution is 2.40. The van der Waals surface area contributed by atoms with Gasteiger partial charge in [0.25, 0.3) is 0 Å². The van der Waals surface area contributed by atoms with Gasteiger partial charge in [-0.1, -0.05) is 19.1 Å². The van der Waals surface area contributed by atoms with Gasteiger partial charge < -0.3 is 15.2 Å². The smallest absolute Gasteiger partial charge is 0.165 e. The second kappa shape index (κ2) is 6.26. The Labute approximate surface area is 115 Å². The molecule has 1 heterocycles. The normalized spacial score (nSPS) is 24.2. The molecule has 0 aliphatic carbocycles. The monoisotopic (exact) mass is 264 g/mol. The third kappa shape index (κ3) is 2.69. The first-order valence-corrected chi connectivity index (χ1v) is 6.93. The Morgan fingerprint density at radius 2 is 2.11 bits per heavy atom. The van der Waals surface area contributed by atoms with E-state index >= 15 is 0 Å². The number of rotatable bonds is 4. The quantitative estimate of drug-likeness (QED) is 0.905. The van der Waals surface area contributed by atoms with E-state index in [1.54, 1.807) is 14.2 Å². The molecule has 4 nitrogen and oxygen atoms in total. The number of benzene rings is 1. The number of likely N-dealkylation sites (tertiary alicyclic amines) is 1. The number of methoxy groups -OCH3 is 2. The van der Waals surface area contributed by atoms with E-state index in [-0.39, 0.29) is 12.1 Å². The van der Waals surface area contributed by atoms with E-state index < -0.39 is 0 Å². The fourth-order valence-electron chi connectivity index (χ4n) is 3.02. The minimum atomic E-state index is 0.148. The lowest BCUT2D eigenvalue weighted by molar-refractivity contribution is 0.133. The predicted octanol–water partition coefficient (Wildman–Crippen LogP) is 2.19. The molecule has 2 rings (SSSR count). The van der Waals surface area contributed by atoms with Crippen LogP contribution >= 0.6 is 0 Å². The van der Waals surface area contributed by atoms with Gasteiger partial charge in [0.05, 0.1) is 20.3 Å². The number of piperidine rings is 1. The highest BCUT2D eigenvalue weighted by Gasteiger charge is 2.32. The van der Waals surface area contributed by atoms with Gasteiger partial charge in [0.2, 0.25) is 0 Å². The van der Waals surface area contributed by atoms with Crippen LogP contribution in [-0.2, 0) is 0 Å². The Morgan fingerprint density at radius 3 is 2.74 bits per heavy atom. The number of para-hydroxylation sites is 1. The average molecular weight is 264 g/mol. The maximum Gasteiger partial charge on any atom is 0.165 e. The summed E-state index contributed by atoms with van der Waals surface area (Å²) in [6, 6.07) is 6.39. The molecule has 0 radical (unpaired) electrons. The number of ether oxygens (including phenoxy) is 2. The minimum Gasteiger partial charge on any atom is -0.493 e. The van der Waals surface area contributed by atoms with Crippen molar-refractivity contribution in [1.29, 1.82) is 0 Å². The van der Waals surface area contributed by atoms with Gasteiger partial charge in [-0.15, -0.1) is 0 Å². The molecule has 2 unspecified atom stereocenters. The molecule has 1 aromatic rings. The van der Waals surface area contributed by atoms with Crippen LogP contribution in [-0.4, -0.2) is 38.3 Å². The molecule has 0 aromatic heterocycles. The Kier molecular flexibility index (Phi) is 4.66. The van der Waals surface area contributed by atoms with Gasteiger partial charge >= 0.3 is 0 Å². The summed E-state index contributed by atoms with van der Waals surface area (Å²) in [6.07, 6.45) is 2.22. The topological polar surface area (TPSA) is 47.7 Å². The van der Waals surface area contributed by atoms with E-state index in [0.717, 1.165) is 43.0 Å². The molecule has 0 bridgehead atoms. The molecule has 1 saturated heterocycles. The van der Waals surface area contributed by atoms with Gasteiger partial charge in [-0.05, 0) is 32.0 Å². The minimum absolute atomic E-state index is 0.148. The maximum atomic E-state index is 6.35. The third-order valence-electron chi connectivity index (χ3n) is 3.94. The first kappa shape index (κ1) is 14.2. The van der Waals surface area contributed by atoms with E-state index in [0.29, 0.717) is 0 Å². The van der Waals surface area contributed by atoms with E-state index in [1.165, 1.54) is 0 Å². The maximum absolute atomic E-state index is 6.35. The van der Waals surface area contributed by atoms with Gasteiger partial charge in [0.15, 0.2) is 11.5 Å². The molecule has 1 fully saturated rings. The lowest BCUT2D eigenvalue weighted by atomic mass is 9.90. The van der Waals surface area contributed by atoms with Crippen LogP contribution in [0.1, 0.15) is 31.4 Å². The summed E-state index contributed by atoms with van der Waals surface area (Å²) in [4.78, 5) is 2.42. The summed E-state index contributed by atoms with van der Waals surface area (Å²) in [7, 11) is 3.35. The largest absolute Gasteiger partial charge is 0.493 e. The molecule has 2 N–H and O–H groups in total. The molecule has 0 amide bonds. The van der Waals surface area contributed by atoms with E-state index in [4.69, 9.17) is 15.2 Å². The van der Waals surface area contributed by atoms with Gasteiger partial charge in [-0.25, -0.2) is 0 Å². The molecular formula is C15H24N2O2. The van der Waals surface area contributed by atoms with Crippen LogP contribution in [0.3, 0.4) is 0 Å². The summed E-state index contributed by atoms with van der Waals surface area (Å²) in [6.45, 7) is 4.27. The number of likely N-dealkylation sites (N-methyl/N-ethyl adjacent to an activating group) is 1. The van der Waals surface area contributed by atoms with E-state index in [1.807, 2.05) is 12.1 Å². The van der Waals surface area contributed by atoms with Gasteiger partial charge in [0.1, 0.15) is 0 Å². The molecule has 19 heavy (non-hydrogen) atoms. The van der Waals surface area contributed by atoms with Crippen molar-refractivity contribution in [1.82, 2.24) is 4.90 Å². The highest BCUT2D eigenvalue weighted by molar-refractivity contribution is 5.48. The Balaban J connectivity index is 2.43. The zero-order valence-corrected chi connectivity index (χ0v) is 12.1. The van der Waals surface area contributed by atoms with Crippen molar-refractivity contribution in [3.8, 4) is 11.5 Å². The van der Waals surface area contributed by atoms with Crippen molar-refractivity contribution in [3.63, 3.8) is 0 Å². The lowest BCUT2D eigenvalue weighted by Gasteiger charge is -2.40. The fourth-order valence-corrected chi connectivity index (χ4v) is 3.02. The van der Waals surface area contributed by atoms with Crippen LogP contribution in [0, 0.1) is 0 Å². The zero-order valence-electron chi connectivity index (χ0n) is 12.1. The summed E-state index contributed by atoms with van der Waals surface area (Å²) >= 11 is 0. The summed E-state index contributed by atoms with van der Waals surface area (Å²) < 4.78 is 10.9. The highest BCUT2D eigenvalue weighted by atomic mass is 16.5. The van der Waals surface area contributed by atoms with Crippen LogP contribution in [0.4, 0.5) is 0 Å². The fraction of sp³-hybridized carbons (Fsp3) is 0.600. The number of nitrogens with zero attached hydrogens (tertiary/aromatic N) is 1. The lowest BCUT2D eigenvalue weighted by Crippen LogP contribution is -2.45. The molecule has 2 atom stereocenters. The van der Waals surface area contributed by atoms with Crippen molar-refractivity contribution < 1.29 is 9.47 Å². The molecular weight excluding hydrogens is 240 g/mol. The number of hydrogen-bond acceptors (Lipinski definition) is 4. The molecule has 0 spiro atoms. The van der Waals surface area contributed by atoms with Crippen molar-refractivity contribution in [2.24, 2.45) is 5.73 Å². The average Bonchev–Trinajstić information content (AvgIpc) is 2.45. The molecule has 1 aliphatic heterocycles. The predicted molar refractivity (Wildman–Crippen MR) is 76.7 cm³/mol. The van der Waals surface area contributed by atoms with Crippen molar-refractivity contribution >= 4 is 0 Å². The summed E-state index contributed by atoms with van der Waals surface area (Å²) in [5.74, 6) is 1.58. The summed E-state index contributed by atoms with van der Waals surface area (Å²) in [5.41, 5.74) is 7.49. The second-order valence-corrected chi connectivity index (χ2v) is 4.96. The van der Waals surface area contributed by atoms with E-state index in [9.17, 15) is 0 Å². The van der Waals surface area contributed by atoms with Crippen LogP contribution in [0.15, 0.2) is 18.2 Å². The Morgan fingerprint density at radius 1 is 1.32 bits per heavy atom.